The number of carboxylic acid groups (broad SMARTS) is 1. The van der Waals surface area contributed by atoms with Crippen LogP contribution in [0.2, 0.25) is 0 Å². The highest BCUT2D eigenvalue weighted by molar-refractivity contribution is 5.79. The van der Waals surface area contributed by atoms with Gasteiger partial charge in [-0.25, -0.2) is 4.79 Å². The molecule has 0 heterocycles. The van der Waals surface area contributed by atoms with Gasteiger partial charge in [0.1, 0.15) is 0 Å². The van der Waals surface area contributed by atoms with Gasteiger partial charge in [0.25, 0.3) is 0 Å². The lowest BCUT2D eigenvalue weighted by Gasteiger charge is -2.29. The Morgan fingerprint density at radius 3 is 2.65 bits per heavy atom. The van der Waals surface area contributed by atoms with Gasteiger partial charge in [-0.2, -0.15) is 0 Å². The number of urea groups is 1. The molecule has 1 rings (SSSR count). The quantitative estimate of drug-likeness (QED) is 0.694. The Labute approximate surface area is 120 Å². The van der Waals surface area contributed by atoms with Crippen molar-refractivity contribution in [3.05, 3.63) is 0 Å². The summed E-state index contributed by atoms with van der Waals surface area (Å²) in [5.74, 6) is -0.852. The van der Waals surface area contributed by atoms with Gasteiger partial charge in [0, 0.05) is 19.2 Å². The van der Waals surface area contributed by atoms with E-state index in [4.69, 9.17) is 4.74 Å². The molecule has 116 valence electrons. The molecule has 0 spiro atoms. The molecule has 2 atom stereocenters. The molecule has 1 saturated carbocycles. The number of hydrogen-bond donors (Lipinski definition) is 3. The first-order valence-electron chi connectivity index (χ1n) is 7.13. The maximum Gasteiger partial charge on any atom is 0.315 e. The van der Waals surface area contributed by atoms with Crippen molar-refractivity contribution in [3.63, 3.8) is 0 Å². The van der Waals surface area contributed by atoms with Crippen molar-refractivity contribution in [3.8, 4) is 0 Å². The number of nitrogens with one attached hydrogen (secondary N) is 2. The third-order valence-corrected chi connectivity index (χ3v) is 3.96. The fourth-order valence-electron chi connectivity index (χ4n) is 2.60. The van der Waals surface area contributed by atoms with Crippen molar-refractivity contribution >= 4 is 12.0 Å². The monoisotopic (exact) mass is 286 g/mol. The van der Waals surface area contributed by atoms with E-state index in [1.165, 1.54) is 0 Å². The molecule has 2 amide bonds. The number of amides is 2. The molecule has 6 heteroatoms. The summed E-state index contributed by atoms with van der Waals surface area (Å²) in [6.07, 6.45) is 2.11. The molecule has 20 heavy (non-hydrogen) atoms. The zero-order valence-corrected chi connectivity index (χ0v) is 12.8. The van der Waals surface area contributed by atoms with E-state index in [-0.39, 0.29) is 12.1 Å². The highest BCUT2D eigenvalue weighted by Crippen LogP contribution is 2.38. The number of rotatable bonds is 6. The molecule has 0 saturated heterocycles. The first-order valence-corrected chi connectivity index (χ1v) is 7.13. The van der Waals surface area contributed by atoms with Gasteiger partial charge in [-0.3, -0.25) is 4.79 Å². The van der Waals surface area contributed by atoms with E-state index in [1.54, 1.807) is 6.92 Å². The van der Waals surface area contributed by atoms with E-state index in [1.807, 2.05) is 20.8 Å². The van der Waals surface area contributed by atoms with Crippen LogP contribution in [-0.2, 0) is 9.53 Å². The third-order valence-electron chi connectivity index (χ3n) is 3.96. The summed E-state index contributed by atoms with van der Waals surface area (Å²) in [4.78, 5) is 23.2. The number of hydrogen-bond acceptors (Lipinski definition) is 3. The predicted molar refractivity (Wildman–Crippen MR) is 75.6 cm³/mol. The van der Waals surface area contributed by atoms with Gasteiger partial charge in [-0.15, -0.1) is 0 Å². The summed E-state index contributed by atoms with van der Waals surface area (Å²) in [6.45, 7) is 8.34. The van der Waals surface area contributed by atoms with E-state index in [0.717, 1.165) is 6.42 Å². The number of carboxylic acids is 1. The lowest BCUT2D eigenvalue weighted by Crippen LogP contribution is -2.52. The molecule has 0 aromatic rings. The average molecular weight is 286 g/mol. The van der Waals surface area contributed by atoms with Crippen LogP contribution in [0.4, 0.5) is 4.79 Å². The second-order valence-electron chi connectivity index (χ2n) is 6.19. The van der Waals surface area contributed by atoms with Gasteiger partial charge in [-0.1, -0.05) is 6.42 Å². The van der Waals surface area contributed by atoms with Crippen LogP contribution in [0.25, 0.3) is 0 Å². The minimum absolute atomic E-state index is 0.324. The molecule has 1 aliphatic rings. The number of ether oxygens (including phenoxy) is 1. The van der Waals surface area contributed by atoms with E-state index in [2.05, 4.69) is 10.6 Å². The topological polar surface area (TPSA) is 87.7 Å². The summed E-state index contributed by atoms with van der Waals surface area (Å²) in [5, 5.41) is 14.8. The first-order chi connectivity index (χ1) is 9.21. The molecule has 0 aromatic heterocycles. The Balaban J connectivity index is 2.49. The van der Waals surface area contributed by atoms with Crippen LogP contribution in [0, 0.1) is 5.41 Å². The zero-order valence-electron chi connectivity index (χ0n) is 12.8. The van der Waals surface area contributed by atoms with Gasteiger partial charge in [-0.05, 0) is 40.5 Å². The summed E-state index contributed by atoms with van der Waals surface area (Å²) in [6, 6.07) is -0.660. The van der Waals surface area contributed by atoms with Gasteiger partial charge in [0.05, 0.1) is 11.0 Å². The van der Waals surface area contributed by atoms with Crippen LogP contribution >= 0.6 is 0 Å². The van der Waals surface area contributed by atoms with E-state index in [9.17, 15) is 14.7 Å². The van der Waals surface area contributed by atoms with Crippen molar-refractivity contribution in [1.29, 1.82) is 0 Å². The summed E-state index contributed by atoms with van der Waals surface area (Å²) in [5.41, 5.74) is -1.30. The Morgan fingerprint density at radius 2 is 2.10 bits per heavy atom. The van der Waals surface area contributed by atoms with Crippen LogP contribution in [0.3, 0.4) is 0 Å². The highest BCUT2D eigenvalue weighted by atomic mass is 16.5. The van der Waals surface area contributed by atoms with Crippen molar-refractivity contribution in [2.45, 2.75) is 58.6 Å². The molecule has 6 nitrogen and oxygen atoms in total. The summed E-state index contributed by atoms with van der Waals surface area (Å²) >= 11 is 0. The van der Waals surface area contributed by atoms with E-state index >= 15 is 0 Å². The first kappa shape index (κ1) is 16.8. The average Bonchev–Trinajstić information content (AvgIpc) is 2.70. The van der Waals surface area contributed by atoms with Crippen molar-refractivity contribution in [1.82, 2.24) is 10.6 Å². The smallest absolute Gasteiger partial charge is 0.315 e. The number of carbonyl (C=O) groups excluding carboxylic acids is 1. The van der Waals surface area contributed by atoms with Crippen LogP contribution in [0.15, 0.2) is 0 Å². The predicted octanol–water partition coefficient (Wildman–Crippen LogP) is 1.74. The second-order valence-corrected chi connectivity index (χ2v) is 6.19. The zero-order chi connectivity index (χ0) is 15.4. The Kier molecular flexibility index (Phi) is 5.39. The van der Waals surface area contributed by atoms with Crippen molar-refractivity contribution < 1.29 is 19.4 Å². The Bertz CT molecular complexity index is 370. The Morgan fingerprint density at radius 1 is 1.45 bits per heavy atom. The third kappa shape index (κ3) is 4.10. The lowest BCUT2D eigenvalue weighted by molar-refractivity contribution is -0.148. The molecule has 0 bridgehead atoms. The van der Waals surface area contributed by atoms with Gasteiger partial charge >= 0.3 is 12.0 Å². The number of carbonyl (C=O) groups is 2. The van der Waals surface area contributed by atoms with Crippen LogP contribution in [0.1, 0.15) is 47.0 Å². The molecule has 0 aliphatic heterocycles. The molecule has 1 aliphatic carbocycles. The van der Waals surface area contributed by atoms with E-state index < -0.39 is 17.0 Å². The van der Waals surface area contributed by atoms with Gasteiger partial charge < -0.3 is 20.5 Å². The van der Waals surface area contributed by atoms with Crippen molar-refractivity contribution in [2.75, 3.05) is 13.2 Å². The largest absolute Gasteiger partial charge is 0.481 e. The fraction of sp³-hybridized carbons (Fsp3) is 0.857. The van der Waals surface area contributed by atoms with Gasteiger partial charge in [0.15, 0.2) is 0 Å². The lowest BCUT2D eigenvalue weighted by atomic mass is 9.85. The minimum Gasteiger partial charge on any atom is -0.481 e. The number of aliphatic carboxylic acids is 1. The molecular formula is C14H26N2O4. The van der Waals surface area contributed by atoms with Crippen LogP contribution in [0.5, 0.6) is 0 Å². The second kappa shape index (κ2) is 6.43. The highest BCUT2D eigenvalue weighted by Gasteiger charge is 2.45. The normalized spacial score (nSPS) is 26.3. The molecule has 0 aromatic carbocycles. The van der Waals surface area contributed by atoms with Crippen LogP contribution < -0.4 is 10.6 Å². The standard InChI is InChI=1S/C14H26N2O4/c1-5-20-13(2,3)9-15-12(19)16-10-7-6-8-14(10,4)11(17)18/h10H,5-9H2,1-4H3,(H,17,18)(H2,15,16,19). The van der Waals surface area contributed by atoms with Gasteiger partial charge in [0.2, 0.25) is 0 Å². The summed E-state index contributed by atoms with van der Waals surface area (Å²) < 4.78 is 5.49. The molecule has 0 radical (unpaired) electrons. The Hall–Kier alpha value is -1.30. The minimum atomic E-state index is -0.868. The van der Waals surface area contributed by atoms with Crippen molar-refractivity contribution in [2.24, 2.45) is 5.41 Å². The SMILES string of the molecule is CCOC(C)(C)CNC(=O)NC1CCCC1(C)C(=O)O. The molecule has 1 fully saturated rings. The molecular weight excluding hydrogens is 260 g/mol. The summed E-state index contributed by atoms with van der Waals surface area (Å²) in [7, 11) is 0. The maximum absolute atomic E-state index is 11.9. The van der Waals surface area contributed by atoms with Crippen LogP contribution in [-0.4, -0.2) is 41.9 Å². The fourth-order valence-corrected chi connectivity index (χ4v) is 2.60. The molecule has 2 unspecified atom stereocenters. The maximum atomic E-state index is 11.9. The van der Waals surface area contributed by atoms with E-state index in [0.29, 0.717) is 26.0 Å². The molecule has 3 N–H and O–H groups in total.